The first-order valence-corrected chi connectivity index (χ1v) is 9.46. The third-order valence-corrected chi connectivity index (χ3v) is 5.79. The fourth-order valence-electron chi connectivity index (χ4n) is 4.18. The van der Waals surface area contributed by atoms with E-state index < -0.39 is 11.9 Å². The molecule has 0 amide bonds. The third kappa shape index (κ3) is 4.20. The number of hydrogen-bond acceptors (Lipinski definition) is 5. The first-order chi connectivity index (χ1) is 12.8. The van der Waals surface area contributed by atoms with Crippen molar-refractivity contribution in [3.8, 4) is 0 Å². The molecule has 3 rings (SSSR count). The normalized spacial score (nSPS) is 24.3. The Kier molecular flexibility index (Phi) is 5.93. The number of carbonyl (C=O) groups is 1. The minimum Gasteiger partial charge on any atom is -0.469 e. The van der Waals surface area contributed by atoms with Crippen molar-refractivity contribution in [3.63, 3.8) is 0 Å². The van der Waals surface area contributed by atoms with Crippen LogP contribution < -0.4 is 10.2 Å². The third-order valence-electron chi connectivity index (χ3n) is 5.79. The Morgan fingerprint density at radius 2 is 2.00 bits per heavy atom. The van der Waals surface area contributed by atoms with E-state index in [4.69, 9.17) is 4.74 Å². The van der Waals surface area contributed by atoms with E-state index in [2.05, 4.69) is 17.2 Å². The summed E-state index contributed by atoms with van der Waals surface area (Å²) in [6.45, 7) is 4.71. The molecule has 0 aromatic carbocycles. The zero-order valence-electron chi connectivity index (χ0n) is 15.7. The van der Waals surface area contributed by atoms with Gasteiger partial charge in [0, 0.05) is 25.6 Å². The molecule has 0 unspecified atom stereocenters. The molecule has 2 aliphatic rings. The second kappa shape index (κ2) is 8.04. The van der Waals surface area contributed by atoms with E-state index in [-0.39, 0.29) is 17.8 Å². The number of ether oxygens (including phenoxy) is 1. The van der Waals surface area contributed by atoms with Gasteiger partial charge in [-0.25, -0.2) is 4.98 Å². The maximum Gasteiger partial charge on any atom is 0.433 e. The van der Waals surface area contributed by atoms with Gasteiger partial charge in [-0.2, -0.15) is 13.2 Å². The van der Waals surface area contributed by atoms with Crippen LogP contribution in [0.3, 0.4) is 0 Å². The second-order valence-corrected chi connectivity index (χ2v) is 7.32. The van der Waals surface area contributed by atoms with Crippen molar-refractivity contribution in [3.05, 3.63) is 23.4 Å². The van der Waals surface area contributed by atoms with Gasteiger partial charge in [0.25, 0.3) is 0 Å². The number of pyridine rings is 1. The van der Waals surface area contributed by atoms with Crippen molar-refractivity contribution >= 4 is 11.8 Å². The molecule has 2 aliphatic heterocycles. The van der Waals surface area contributed by atoms with Crippen LogP contribution >= 0.6 is 0 Å². The van der Waals surface area contributed by atoms with E-state index in [1.165, 1.54) is 7.11 Å². The summed E-state index contributed by atoms with van der Waals surface area (Å²) in [5.74, 6) is 0.503. The van der Waals surface area contributed by atoms with Crippen LogP contribution in [-0.4, -0.2) is 44.2 Å². The lowest BCUT2D eigenvalue weighted by Gasteiger charge is -2.34. The fraction of sp³-hybridized carbons (Fsp3) is 0.684. The zero-order valence-corrected chi connectivity index (χ0v) is 15.7. The smallest absolute Gasteiger partial charge is 0.433 e. The summed E-state index contributed by atoms with van der Waals surface area (Å²) in [5, 5.41) is 3.35. The molecule has 8 heteroatoms. The molecule has 0 radical (unpaired) electrons. The average Bonchev–Trinajstić information content (AvgIpc) is 3.15. The molecule has 150 valence electrons. The molecule has 0 aliphatic carbocycles. The fourth-order valence-corrected chi connectivity index (χ4v) is 4.18. The number of aromatic nitrogens is 1. The largest absolute Gasteiger partial charge is 0.469 e. The van der Waals surface area contributed by atoms with Crippen molar-refractivity contribution in [2.45, 2.75) is 38.3 Å². The van der Waals surface area contributed by atoms with E-state index in [9.17, 15) is 18.0 Å². The van der Waals surface area contributed by atoms with Crippen LogP contribution in [0.4, 0.5) is 19.0 Å². The van der Waals surface area contributed by atoms with Gasteiger partial charge in [-0.15, -0.1) is 0 Å². The maximum atomic E-state index is 13.2. The number of halogens is 3. The van der Waals surface area contributed by atoms with Gasteiger partial charge < -0.3 is 15.0 Å². The number of hydrogen-bond donors (Lipinski definition) is 1. The van der Waals surface area contributed by atoms with Gasteiger partial charge in [-0.1, -0.05) is 19.4 Å². The minimum absolute atomic E-state index is 0.151. The monoisotopic (exact) mass is 385 g/mol. The van der Waals surface area contributed by atoms with Crippen LogP contribution in [0, 0.1) is 11.8 Å². The van der Waals surface area contributed by atoms with E-state index in [1.807, 2.05) is 4.90 Å². The SMILES string of the molecule is CC[C@H]1CNC[C@@H]1c1ccc(C(F)(F)F)nc1N1CCC(C(=O)OC)CC1. The van der Waals surface area contributed by atoms with E-state index >= 15 is 0 Å². The Labute approximate surface area is 157 Å². The molecule has 0 spiro atoms. The molecule has 1 aromatic rings. The lowest BCUT2D eigenvalue weighted by molar-refractivity contribution is -0.146. The summed E-state index contributed by atoms with van der Waals surface area (Å²) < 4.78 is 44.5. The van der Waals surface area contributed by atoms with Gasteiger partial charge in [-0.3, -0.25) is 4.79 Å². The van der Waals surface area contributed by atoms with Crippen LogP contribution in [0.5, 0.6) is 0 Å². The van der Waals surface area contributed by atoms with Gasteiger partial charge in [-0.05, 0) is 36.9 Å². The summed E-state index contributed by atoms with van der Waals surface area (Å²) in [4.78, 5) is 17.7. The highest BCUT2D eigenvalue weighted by Gasteiger charge is 2.37. The molecule has 3 heterocycles. The summed E-state index contributed by atoms with van der Waals surface area (Å²) >= 11 is 0. The Balaban J connectivity index is 1.90. The number of nitrogens with zero attached hydrogens (tertiary/aromatic N) is 2. The minimum atomic E-state index is -4.48. The van der Waals surface area contributed by atoms with Crippen LogP contribution in [-0.2, 0) is 15.7 Å². The highest BCUT2D eigenvalue weighted by atomic mass is 19.4. The maximum absolute atomic E-state index is 13.2. The Hall–Kier alpha value is -1.83. The number of esters is 1. The summed E-state index contributed by atoms with van der Waals surface area (Å²) in [6.07, 6.45) is -2.40. The van der Waals surface area contributed by atoms with Gasteiger partial charge in [0.15, 0.2) is 0 Å². The van der Waals surface area contributed by atoms with Gasteiger partial charge >= 0.3 is 12.1 Å². The number of methoxy groups -OCH3 is 1. The highest BCUT2D eigenvalue weighted by molar-refractivity contribution is 5.72. The second-order valence-electron chi connectivity index (χ2n) is 7.32. The quantitative estimate of drug-likeness (QED) is 0.807. The number of carbonyl (C=O) groups excluding carboxylic acids is 1. The standard InChI is InChI=1S/C19H26F3N3O2/c1-3-12-10-23-11-15(12)14-4-5-16(19(20,21)22)24-17(14)25-8-6-13(7-9-25)18(26)27-2/h4-5,12-13,15,23H,3,6-11H2,1-2H3/t12-,15-/m0/s1. The van der Waals surface area contributed by atoms with Crippen molar-refractivity contribution < 1.29 is 22.7 Å². The number of nitrogens with one attached hydrogen (secondary N) is 1. The molecular formula is C19H26F3N3O2. The topological polar surface area (TPSA) is 54.5 Å². The molecule has 2 fully saturated rings. The van der Waals surface area contributed by atoms with Crippen LogP contribution in [0.2, 0.25) is 0 Å². The molecule has 5 nitrogen and oxygen atoms in total. The number of rotatable bonds is 4. The lowest BCUT2D eigenvalue weighted by Crippen LogP contribution is -2.38. The number of alkyl halides is 3. The summed E-state index contributed by atoms with van der Waals surface area (Å²) in [7, 11) is 1.36. The molecule has 27 heavy (non-hydrogen) atoms. The van der Waals surface area contributed by atoms with Crippen molar-refractivity contribution in [2.75, 3.05) is 38.2 Å². The number of piperidine rings is 1. The molecule has 0 saturated carbocycles. The predicted molar refractivity (Wildman–Crippen MR) is 95.6 cm³/mol. The predicted octanol–water partition coefficient (Wildman–Crippen LogP) is 3.20. The molecule has 1 N–H and O–H groups in total. The van der Waals surface area contributed by atoms with Crippen molar-refractivity contribution in [2.24, 2.45) is 11.8 Å². The molecule has 0 bridgehead atoms. The Morgan fingerprint density at radius 3 is 2.59 bits per heavy atom. The summed E-state index contributed by atoms with van der Waals surface area (Å²) in [5.41, 5.74) is 0.00622. The average molecular weight is 385 g/mol. The van der Waals surface area contributed by atoms with Crippen molar-refractivity contribution in [1.29, 1.82) is 0 Å². The Bertz CT molecular complexity index is 673. The van der Waals surface area contributed by atoms with Crippen molar-refractivity contribution in [1.82, 2.24) is 10.3 Å². The van der Waals surface area contributed by atoms with E-state index in [1.54, 1.807) is 6.07 Å². The van der Waals surface area contributed by atoms with Crippen LogP contribution in [0.1, 0.15) is 43.4 Å². The lowest BCUT2D eigenvalue weighted by atomic mass is 9.86. The molecule has 2 saturated heterocycles. The van der Waals surface area contributed by atoms with E-state index in [0.717, 1.165) is 31.1 Å². The van der Waals surface area contributed by atoms with E-state index in [0.29, 0.717) is 37.7 Å². The van der Waals surface area contributed by atoms with Crippen LogP contribution in [0.15, 0.2) is 12.1 Å². The first kappa shape index (κ1) is 19.9. The number of anilines is 1. The first-order valence-electron chi connectivity index (χ1n) is 9.46. The molecule has 1 aromatic heterocycles. The van der Waals surface area contributed by atoms with Crippen LogP contribution in [0.25, 0.3) is 0 Å². The zero-order chi connectivity index (χ0) is 19.6. The van der Waals surface area contributed by atoms with Gasteiger partial charge in [0.1, 0.15) is 11.5 Å². The van der Waals surface area contributed by atoms with Gasteiger partial charge in [0.05, 0.1) is 13.0 Å². The Morgan fingerprint density at radius 1 is 1.30 bits per heavy atom. The summed E-state index contributed by atoms with van der Waals surface area (Å²) in [6, 6.07) is 2.68. The van der Waals surface area contributed by atoms with Gasteiger partial charge in [0.2, 0.25) is 0 Å². The molecular weight excluding hydrogens is 359 g/mol. The highest BCUT2D eigenvalue weighted by Crippen LogP contribution is 2.39. The molecule has 2 atom stereocenters.